The summed E-state index contributed by atoms with van der Waals surface area (Å²) in [6.07, 6.45) is -2.07. The van der Waals surface area contributed by atoms with Gasteiger partial charge in [-0.15, -0.1) is 0 Å². The Labute approximate surface area is 164 Å². The van der Waals surface area contributed by atoms with Crippen LogP contribution in [0.25, 0.3) is 11.1 Å². The summed E-state index contributed by atoms with van der Waals surface area (Å²) >= 11 is 5.89. The number of amides is 1. The fourth-order valence-corrected chi connectivity index (χ4v) is 2.81. The first-order valence-corrected chi connectivity index (χ1v) is 8.54. The summed E-state index contributed by atoms with van der Waals surface area (Å²) in [5.41, 5.74) is 1.48. The molecule has 1 amide bonds. The molecule has 0 saturated heterocycles. The van der Waals surface area contributed by atoms with Crippen molar-refractivity contribution in [3.05, 3.63) is 58.9 Å². The van der Waals surface area contributed by atoms with E-state index in [4.69, 9.17) is 21.8 Å². The van der Waals surface area contributed by atoms with Gasteiger partial charge in [0.2, 0.25) is 0 Å². The first-order chi connectivity index (χ1) is 13.2. The number of rotatable bonds is 7. The van der Waals surface area contributed by atoms with Crippen LogP contribution in [0.15, 0.2) is 42.5 Å². The topological polar surface area (TPSA) is 124 Å². The molecule has 2 aromatic rings. The van der Waals surface area contributed by atoms with E-state index in [0.29, 0.717) is 21.7 Å². The van der Waals surface area contributed by atoms with Gasteiger partial charge in [0, 0.05) is 23.0 Å². The van der Waals surface area contributed by atoms with E-state index in [1.165, 1.54) is 18.2 Å². The van der Waals surface area contributed by atoms with Gasteiger partial charge in [0.25, 0.3) is 0 Å². The number of aliphatic carboxylic acids is 2. The third-order valence-corrected chi connectivity index (χ3v) is 4.23. The van der Waals surface area contributed by atoms with Crippen molar-refractivity contribution in [1.29, 1.82) is 0 Å². The van der Waals surface area contributed by atoms with E-state index in [1.807, 2.05) is 0 Å². The Kier molecular flexibility index (Phi) is 7.08. The standard InChI is InChI=1S/C19H17ClFNO6/c20-12-5-6-15(21)14(8-12)11-3-1-10(2-4-11)7-13(9-16(23)18(25)26)22-17(24)19(27)28/h1-6,8,13,16,23H,7,9H2,(H,22,24)(H,25,26)(H,27,28)/t13-,16-/m1/s1. The molecule has 9 heteroatoms. The second-order valence-electron chi connectivity index (χ2n) is 6.09. The van der Waals surface area contributed by atoms with Gasteiger partial charge in [-0.05, 0) is 35.7 Å². The number of carbonyl (C=O) groups excluding carboxylic acids is 1. The largest absolute Gasteiger partial charge is 0.479 e. The van der Waals surface area contributed by atoms with Crippen molar-refractivity contribution in [2.75, 3.05) is 0 Å². The van der Waals surface area contributed by atoms with Gasteiger partial charge in [-0.1, -0.05) is 35.9 Å². The summed E-state index contributed by atoms with van der Waals surface area (Å²) in [6.45, 7) is 0. The highest BCUT2D eigenvalue weighted by atomic mass is 35.5. The Morgan fingerprint density at radius 3 is 2.29 bits per heavy atom. The molecule has 2 atom stereocenters. The lowest BCUT2D eigenvalue weighted by molar-refractivity contribution is -0.151. The Bertz CT molecular complexity index is 886. The maximum Gasteiger partial charge on any atom is 0.394 e. The minimum atomic E-state index is -1.76. The van der Waals surface area contributed by atoms with Crippen molar-refractivity contribution in [1.82, 2.24) is 5.32 Å². The van der Waals surface area contributed by atoms with Crippen molar-refractivity contribution in [3.63, 3.8) is 0 Å². The van der Waals surface area contributed by atoms with Gasteiger partial charge < -0.3 is 20.6 Å². The summed E-state index contributed by atoms with van der Waals surface area (Å²) < 4.78 is 14.0. The molecule has 2 rings (SSSR count). The van der Waals surface area contributed by atoms with Crippen LogP contribution in [-0.2, 0) is 20.8 Å². The second-order valence-corrected chi connectivity index (χ2v) is 6.53. The number of hydrogen-bond acceptors (Lipinski definition) is 4. The molecule has 0 saturated carbocycles. The lowest BCUT2D eigenvalue weighted by Gasteiger charge is -2.19. The van der Waals surface area contributed by atoms with Crippen molar-refractivity contribution in [3.8, 4) is 11.1 Å². The Morgan fingerprint density at radius 2 is 1.71 bits per heavy atom. The van der Waals surface area contributed by atoms with Crippen LogP contribution >= 0.6 is 11.6 Å². The fraction of sp³-hybridized carbons (Fsp3) is 0.211. The molecule has 28 heavy (non-hydrogen) atoms. The van der Waals surface area contributed by atoms with E-state index < -0.39 is 35.8 Å². The maximum absolute atomic E-state index is 14.0. The van der Waals surface area contributed by atoms with Gasteiger partial charge in [0.1, 0.15) is 5.82 Å². The van der Waals surface area contributed by atoms with Crippen LogP contribution in [0.4, 0.5) is 4.39 Å². The van der Waals surface area contributed by atoms with Gasteiger partial charge in [0.05, 0.1) is 0 Å². The predicted octanol–water partition coefficient (Wildman–Crippen LogP) is 2.09. The highest BCUT2D eigenvalue weighted by Gasteiger charge is 2.24. The van der Waals surface area contributed by atoms with E-state index in [2.05, 4.69) is 5.32 Å². The van der Waals surface area contributed by atoms with Crippen LogP contribution in [0.5, 0.6) is 0 Å². The number of carboxylic acids is 2. The van der Waals surface area contributed by atoms with Crippen LogP contribution in [0.1, 0.15) is 12.0 Å². The SMILES string of the molecule is O=C(O)C(=O)N[C@H](Cc1ccc(-c2cc(Cl)ccc2F)cc1)C[C@@H](O)C(=O)O. The van der Waals surface area contributed by atoms with Gasteiger partial charge in [-0.25, -0.2) is 14.0 Å². The molecule has 148 valence electrons. The van der Waals surface area contributed by atoms with Crippen molar-refractivity contribution < 1.29 is 34.1 Å². The van der Waals surface area contributed by atoms with E-state index in [-0.39, 0.29) is 12.8 Å². The average Bonchev–Trinajstić information content (AvgIpc) is 2.64. The number of hydrogen-bond donors (Lipinski definition) is 4. The lowest BCUT2D eigenvalue weighted by atomic mass is 9.97. The van der Waals surface area contributed by atoms with Crippen LogP contribution in [0.3, 0.4) is 0 Å². The highest BCUT2D eigenvalue weighted by molar-refractivity contribution is 6.31. The molecule has 0 bridgehead atoms. The summed E-state index contributed by atoms with van der Waals surface area (Å²) in [5, 5.41) is 29.6. The van der Waals surface area contributed by atoms with Crippen LogP contribution in [-0.4, -0.2) is 45.3 Å². The fourth-order valence-electron chi connectivity index (χ4n) is 2.63. The number of halogens is 2. The third kappa shape index (κ3) is 5.77. The maximum atomic E-state index is 14.0. The van der Waals surface area contributed by atoms with Crippen LogP contribution < -0.4 is 5.32 Å². The summed E-state index contributed by atoms with van der Waals surface area (Å²) in [4.78, 5) is 33.0. The molecular formula is C19H17ClFNO6. The molecule has 0 spiro atoms. The van der Waals surface area contributed by atoms with Crippen LogP contribution in [0, 0.1) is 5.82 Å². The molecule has 2 aromatic carbocycles. The monoisotopic (exact) mass is 409 g/mol. The van der Waals surface area contributed by atoms with E-state index in [0.717, 1.165) is 0 Å². The smallest absolute Gasteiger partial charge is 0.394 e. The molecule has 0 aliphatic heterocycles. The molecule has 0 aliphatic carbocycles. The first-order valence-electron chi connectivity index (χ1n) is 8.16. The molecule has 0 radical (unpaired) electrons. The Balaban J connectivity index is 2.19. The Morgan fingerprint density at radius 1 is 1.07 bits per heavy atom. The van der Waals surface area contributed by atoms with Crippen molar-refractivity contribution in [2.24, 2.45) is 0 Å². The quantitative estimate of drug-likeness (QED) is 0.519. The number of carboxylic acid groups (broad SMARTS) is 2. The number of benzene rings is 2. The molecule has 4 N–H and O–H groups in total. The molecule has 0 heterocycles. The number of nitrogens with one attached hydrogen (secondary N) is 1. The molecule has 0 fully saturated rings. The first kappa shape index (κ1) is 21.3. The molecule has 0 aliphatic rings. The predicted molar refractivity (Wildman–Crippen MR) is 98.4 cm³/mol. The third-order valence-electron chi connectivity index (χ3n) is 4.00. The zero-order valence-electron chi connectivity index (χ0n) is 14.4. The number of aliphatic hydroxyl groups excluding tert-OH is 1. The van der Waals surface area contributed by atoms with Crippen molar-refractivity contribution >= 4 is 29.4 Å². The number of carbonyl (C=O) groups is 3. The minimum Gasteiger partial charge on any atom is -0.479 e. The molecule has 0 unspecified atom stereocenters. The zero-order valence-corrected chi connectivity index (χ0v) is 15.2. The summed E-state index contributed by atoms with van der Waals surface area (Å²) in [7, 11) is 0. The molecule has 7 nitrogen and oxygen atoms in total. The number of aliphatic hydroxyl groups is 1. The van der Waals surface area contributed by atoms with Gasteiger partial charge in [0.15, 0.2) is 6.10 Å². The van der Waals surface area contributed by atoms with Gasteiger partial charge in [-0.2, -0.15) is 0 Å². The van der Waals surface area contributed by atoms with Gasteiger partial charge in [-0.3, -0.25) is 4.79 Å². The lowest BCUT2D eigenvalue weighted by Crippen LogP contribution is -2.43. The Hall–Kier alpha value is -2.97. The molecular weight excluding hydrogens is 393 g/mol. The second kappa shape index (κ2) is 9.29. The summed E-state index contributed by atoms with van der Waals surface area (Å²) in [5.74, 6) is -4.96. The van der Waals surface area contributed by atoms with E-state index in [9.17, 15) is 23.9 Å². The zero-order chi connectivity index (χ0) is 20.8. The highest BCUT2D eigenvalue weighted by Crippen LogP contribution is 2.26. The normalized spacial score (nSPS) is 12.8. The summed E-state index contributed by atoms with van der Waals surface area (Å²) in [6, 6.07) is 9.72. The van der Waals surface area contributed by atoms with Crippen molar-refractivity contribution in [2.45, 2.75) is 25.0 Å². The van der Waals surface area contributed by atoms with Crippen LogP contribution in [0.2, 0.25) is 5.02 Å². The molecule has 0 aromatic heterocycles. The average molecular weight is 410 g/mol. The van der Waals surface area contributed by atoms with E-state index >= 15 is 0 Å². The minimum absolute atomic E-state index is 0.0711. The van der Waals surface area contributed by atoms with Gasteiger partial charge >= 0.3 is 17.8 Å². The van der Waals surface area contributed by atoms with E-state index in [1.54, 1.807) is 24.3 Å².